The lowest BCUT2D eigenvalue weighted by atomic mass is 10.0. The van der Waals surface area contributed by atoms with Crippen LogP contribution in [0.4, 0.5) is 11.5 Å². The highest BCUT2D eigenvalue weighted by Gasteiger charge is 2.23. The van der Waals surface area contributed by atoms with Gasteiger partial charge in [-0.25, -0.2) is 28.1 Å². The van der Waals surface area contributed by atoms with Crippen molar-refractivity contribution in [1.82, 2.24) is 29.1 Å². The van der Waals surface area contributed by atoms with Crippen molar-refractivity contribution in [3.63, 3.8) is 0 Å². The molecule has 0 bridgehead atoms. The molecule has 0 aliphatic carbocycles. The molecule has 0 spiro atoms. The fourth-order valence-corrected chi connectivity index (χ4v) is 5.93. The molecule has 1 saturated heterocycles. The van der Waals surface area contributed by atoms with Crippen molar-refractivity contribution in [1.29, 1.82) is 0 Å². The zero-order valence-electron chi connectivity index (χ0n) is 25.5. The van der Waals surface area contributed by atoms with Crippen molar-refractivity contribution in [2.45, 2.75) is 26.8 Å². The van der Waals surface area contributed by atoms with E-state index in [0.717, 1.165) is 17.6 Å². The molecule has 0 radical (unpaired) electrons. The number of benzene rings is 1. The third kappa shape index (κ3) is 6.91. The van der Waals surface area contributed by atoms with Gasteiger partial charge in [0, 0.05) is 57.5 Å². The first kappa shape index (κ1) is 31.9. The molecule has 0 unspecified atom stereocenters. The van der Waals surface area contributed by atoms with Crippen LogP contribution in [-0.4, -0.2) is 77.1 Å². The molecule has 2 N–H and O–H groups in total. The molecule has 1 atom stereocenters. The molecule has 1 aliphatic rings. The van der Waals surface area contributed by atoms with Crippen LogP contribution in [0.5, 0.6) is 0 Å². The third-order valence-corrected chi connectivity index (χ3v) is 8.37. The molecule has 4 heterocycles. The van der Waals surface area contributed by atoms with E-state index in [1.165, 1.54) is 16.7 Å². The van der Waals surface area contributed by atoms with E-state index in [4.69, 9.17) is 16.6 Å². The van der Waals surface area contributed by atoms with Gasteiger partial charge in [0.05, 0.1) is 28.9 Å². The van der Waals surface area contributed by atoms with Crippen LogP contribution in [0.15, 0.2) is 47.4 Å². The normalized spacial score (nSPS) is 14.4. The lowest BCUT2D eigenvalue weighted by Gasteiger charge is -2.34. The number of nitrogens with zero attached hydrogens (tertiary/aromatic N) is 6. The topological polar surface area (TPSA) is 159 Å². The van der Waals surface area contributed by atoms with E-state index in [1.807, 2.05) is 41.7 Å². The quantitative estimate of drug-likeness (QED) is 0.284. The number of sulfonamides is 1. The maximum Gasteiger partial charge on any atom is 0.285 e. The fourth-order valence-electron chi connectivity index (χ4n) is 5.35. The molecule has 1 fully saturated rings. The summed E-state index contributed by atoms with van der Waals surface area (Å²) in [5, 5.41) is 3.65. The predicted octanol–water partition coefficient (Wildman–Crippen LogP) is 2.88. The van der Waals surface area contributed by atoms with Gasteiger partial charge in [0.15, 0.2) is 5.69 Å². The smallest absolute Gasteiger partial charge is 0.285 e. The summed E-state index contributed by atoms with van der Waals surface area (Å²) in [6.45, 7) is 7.88. The van der Waals surface area contributed by atoms with Gasteiger partial charge in [-0.1, -0.05) is 17.7 Å². The molecule has 5 rings (SSSR count). The van der Waals surface area contributed by atoms with Crippen LogP contribution in [0, 0.1) is 6.92 Å². The summed E-state index contributed by atoms with van der Waals surface area (Å²) in [5.74, 6) is 0.318. The van der Waals surface area contributed by atoms with Crippen molar-refractivity contribution >= 4 is 55.8 Å². The second-order valence-electron chi connectivity index (χ2n) is 11.0. The highest BCUT2D eigenvalue weighted by Crippen LogP contribution is 2.30. The van der Waals surface area contributed by atoms with E-state index in [9.17, 15) is 22.8 Å². The fraction of sp³-hybridized carbons (Fsp3) is 0.333. The second kappa shape index (κ2) is 12.4. The summed E-state index contributed by atoms with van der Waals surface area (Å²) in [6.07, 6.45) is 2.55. The number of hydrogen-bond donors (Lipinski definition) is 2. The number of hydrogen-bond acceptors (Lipinski definition) is 10. The maximum atomic E-state index is 13.6. The van der Waals surface area contributed by atoms with Crippen molar-refractivity contribution < 1.29 is 18.0 Å². The van der Waals surface area contributed by atoms with Crippen LogP contribution in [0.1, 0.15) is 41.5 Å². The number of carbonyl (C=O) groups is 2. The van der Waals surface area contributed by atoms with Gasteiger partial charge in [0.25, 0.3) is 11.5 Å². The Morgan fingerprint density at radius 3 is 2.38 bits per heavy atom. The Morgan fingerprint density at radius 2 is 1.76 bits per heavy atom. The molecule has 15 heteroatoms. The van der Waals surface area contributed by atoms with E-state index in [2.05, 4.69) is 20.2 Å². The Hall–Kier alpha value is -4.56. The molecule has 0 saturated carbocycles. The first-order valence-electron chi connectivity index (χ1n) is 14.1. The van der Waals surface area contributed by atoms with Crippen molar-refractivity contribution in [2.75, 3.05) is 42.7 Å². The highest BCUT2D eigenvalue weighted by molar-refractivity contribution is 7.89. The monoisotopic (exact) mass is 652 g/mol. The second-order valence-corrected chi connectivity index (χ2v) is 13.2. The predicted molar refractivity (Wildman–Crippen MR) is 173 cm³/mol. The van der Waals surface area contributed by atoms with E-state index in [0.29, 0.717) is 54.0 Å². The molecular weight excluding hydrogens is 620 g/mol. The molecule has 236 valence electrons. The number of halogens is 1. The van der Waals surface area contributed by atoms with Crippen LogP contribution in [0.2, 0.25) is 5.15 Å². The number of pyridine rings is 2. The van der Waals surface area contributed by atoms with Gasteiger partial charge in [-0.15, -0.1) is 0 Å². The van der Waals surface area contributed by atoms with Crippen LogP contribution in [-0.2, 0) is 21.9 Å². The minimum Gasteiger partial charge on any atom is -0.377 e. The summed E-state index contributed by atoms with van der Waals surface area (Å²) in [5.41, 5.74) is 2.44. The number of aryl methyl sites for hydroxylation is 1. The molecular formula is C30H33ClN8O5S. The minimum absolute atomic E-state index is 0.0145. The maximum absolute atomic E-state index is 13.6. The van der Waals surface area contributed by atoms with E-state index >= 15 is 0 Å². The molecule has 1 aromatic carbocycles. The summed E-state index contributed by atoms with van der Waals surface area (Å²) >= 11 is 6.03. The summed E-state index contributed by atoms with van der Waals surface area (Å²) < 4.78 is 26.8. The molecule has 45 heavy (non-hydrogen) atoms. The Balaban J connectivity index is 1.50. The Labute approximate surface area is 265 Å². The number of nitrogens with one attached hydrogen (secondary N) is 2. The first-order chi connectivity index (χ1) is 21.2. The largest absolute Gasteiger partial charge is 0.377 e. The molecule has 2 amide bonds. The summed E-state index contributed by atoms with van der Waals surface area (Å²) in [4.78, 5) is 55.6. The van der Waals surface area contributed by atoms with E-state index < -0.39 is 22.0 Å². The standard InChI is InChI=1S/C30H33ClN8O5S/c1-17-14-21(18(2)33-23-7-8-24(31)34-27(23)29(41)36-45(5,43)44)26-22(15-17)30(42)37(4)28(35-26)20-6-9-25(32-16-20)39-12-10-38(11-13-39)19(3)40/h6-9,14-16,18,33H,10-13H2,1-5H3,(H,36,41)/t18-/m1/s1. The van der Waals surface area contributed by atoms with E-state index in [-0.39, 0.29) is 28.0 Å². The lowest BCUT2D eigenvalue weighted by Crippen LogP contribution is -2.48. The van der Waals surface area contributed by atoms with Gasteiger partial charge in [0.1, 0.15) is 16.8 Å². The molecule has 4 aromatic rings. The van der Waals surface area contributed by atoms with Crippen molar-refractivity contribution in [3.05, 3.63) is 74.9 Å². The minimum atomic E-state index is -3.85. The van der Waals surface area contributed by atoms with Gasteiger partial charge in [-0.3, -0.25) is 19.0 Å². The summed E-state index contributed by atoms with van der Waals surface area (Å²) in [6, 6.07) is 9.95. The molecule has 3 aromatic heterocycles. The number of carbonyl (C=O) groups excluding carboxylic acids is 2. The Morgan fingerprint density at radius 1 is 1.04 bits per heavy atom. The number of anilines is 2. The number of amides is 2. The Bertz CT molecular complexity index is 1970. The third-order valence-electron chi connectivity index (χ3n) is 7.60. The average molecular weight is 653 g/mol. The van der Waals surface area contributed by atoms with Crippen LogP contribution < -0.4 is 20.5 Å². The van der Waals surface area contributed by atoms with Gasteiger partial charge >= 0.3 is 0 Å². The van der Waals surface area contributed by atoms with Crippen LogP contribution >= 0.6 is 11.6 Å². The van der Waals surface area contributed by atoms with E-state index in [1.54, 1.807) is 26.2 Å². The lowest BCUT2D eigenvalue weighted by molar-refractivity contribution is -0.129. The number of aromatic nitrogens is 4. The average Bonchev–Trinajstić information content (AvgIpc) is 2.99. The number of piperazine rings is 1. The van der Waals surface area contributed by atoms with Gasteiger partial charge < -0.3 is 15.1 Å². The van der Waals surface area contributed by atoms with Gasteiger partial charge in [-0.05, 0) is 49.7 Å². The molecule has 13 nitrogen and oxygen atoms in total. The van der Waals surface area contributed by atoms with Crippen LogP contribution in [0.25, 0.3) is 22.3 Å². The Kier molecular flexibility index (Phi) is 8.81. The zero-order valence-corrected chi connectivity index (χ0v) is 27.0. The van der Waals surface area contributed by atoms with Crippen LogP contribution in [0.3, 0.4) is 0 Å². The van der Waals surface area contributed by atoms with Gasteiger partial charge in [0.2, 0.25) is 15.9 Å². The van der Waals surface area contributed by atoms with Crippen molar-refractivity contribution in [2.24, 2.45) is 7.05 Å². The zero-order chi connectivity index (χ0) is 32.6. The van der Waals surface area contributed by atoms with Crippen molar-refractivity contribution in [3.8, 4) is 11.4 Å². The molecule has 1 aliphatic heterocycles. The highest BCUT2D eigenvalue weighted by atomic mass is 35.5. The number of rotatable bonds is 7. The van der Waals surface area contributed by atoms with Gasteiger partial charge in [-0.2, -0.15) is 0 Å². The summed E-state index contributed by atoms with van der Waals surface area (Å²) in [7, 11) is -2.19. The number of fused-ring (bicyclic) bond motifs is 1. The first-order valence-corrected chi connectivity index (χ1v) is 16.4. The SMILES string of the molecule is CC(=O)N1CCN(c2ccc(-c3nc4c([C@@H](C)Nc5ccc(Cl)nc5C(=O)NS(C)(=O)=O)cc(C)cc4c(=O)n3C)cn2)CC1.